The molecule has 1 aliphatic rings. The van der Waals surface area contributed by atoms with E-state index in [1.54, 1.807) is 12.0 Å². The standard InChI is InChI=1S/C11H12BrNO2/c1-15-9-3-2-8-4-5-13(7-12)11(14)10(8)6-9/h2-3,6H,4-5,7H2,1H3. The molecule has 3 nitrogen and oxygen atoms in total. The normalized spacial score (nSPS) is 15.1. The van der Waals surface area contributed by atoms with Crippen molar-refractivity contribution in [1.29, 1.82) is 0 Å². The van der Waals surface area contributed by atoms with E-state index in [4.69, 9.17) is 4.74 Å². The minimum atomic E-state index is 0.0759. The predicted octanol–water partition coefficient (Wildman–Crippen LogP) is 2.05. The molecule has 0 saturated heterocycles. The zero-order valence-corrected chi connectivity index (χ0v) is 10.1. The van der Waals surface area contributed by atoms with Crippen molar-refractivity contribution in [2.24, 2.45) is 0 Å². The molecule has 0 fully saturated rings. The molecule has 1 aromatic carbocycles. The Bertz CT molecular complexity index is 392. The molecular formula is C11H12BrNO2. The lowest BCUT2D eigenvalue weighted by atomic mass is 9.99. The van der Waals surface area contributed by atoms with Gasteiger partial charge in [0, 0.05) is 12.1 Å². The number of halogens is 1. The third-order valence-electron chi connectivity index (χ3n) is 2.63. The number of hydrogen-bond donors (Lipinski definition) is 0. The lowest BCUT2D eigenvalue weighted by molar-refractivity contribution is 0.0773. The second-order valence-electron chi connectivity index (χ2n) is 3.46. The Morgan fingerprint density at radius 2 is 2.33 bits per heavy atom. The summed E-state index contributed by atoms with van der Waals surface area (Å²) in [6, 6.07) is 5.68. The van der Waals surface area contributed by atoms with Gasteiger partial charge in [-0.1, -0.05) is 22.0 Å². The van der Waals surface area contributed by atoms with Crippen molar-refractivity contribution in [2.75, 3.05) is 19.1 Å². The number of benzene rings is 1. The summed E-state index contributed by atoms with van der Waals surface area (Å²) in [5.74, 6) is 0.811. The van der Waals surface area contributed by atoms with Crippen LogP contribution in [0.3, 0.4) is 0 Å². The van der Waals surface area contributed by atoms with E-state index in [2.05, 4.69) is 15.9 Å². The van der Waals surface area contributed by atoms with Gasteiger partial charge in [-0.05, 0) is 24.1 Å². The van der Waals surface area contributed by atoms with Crippen LogP contribution in [0.25, 0.3) is 0 Å². The molecular weight excluding hydrogens is 258 g/mol. The van der Waals surface area contributed by atoms with Crippen molar-refractivity contribution in [3.05, 3.63) is 29.3 Å². The molecule has 0 radical (unpaired) electrons. The van der Waals surface area contributed by atoms with Crippen molar-refractivity contribution < 1.29 is 9.53 Å². The summed E-state index contributed by atoms with van der Waals surface area (Å²) in [5.41, 5.74) is 2.46. The van der Waals surface area contributed by atoms with E-state index in [0.717, 1.165) is 29.8 Å². The Hall–Kier alpha value is -1.03. The minimum Gasteiger partial charge on any atom is -0.497 e. The summed E-state index contributed by atoms with van der Waals surface area (Å²) < 4.78 is 5.12. The molecule has 0 N–H and O–H groups in total. The van der Waals surface area contributed by atoms with Gasteiger partial charge >= 0.3 is 0 Å². The van der Waals surface area contributed by atoms with Crippen molar-refractivity contribution in [2.45, 2.75) is 6.42 Å². The molecule has 0 atom stereocenters. The van der Waals surface area contributed by atoms with E-state index in [-0.39, 0.29) is 5.91 Å². The van der Waals surface area contributed by atoms with E-state index in [1.165, 1.54) is 0 Å². The number of rotatable bonds is 2. The SMILES string of the molecule is COc1ccc2c(c1)C(=O)N(CBr)CC2. The first-order valence-electron chi connectivity index (χ1n) is 4.78. The Labute approximate surface area is 97.2 Å². The fourth-order valence-electron chi connectivity index (χ4n) is 1.74. The van der Waals surface area contributed by atoms with Crippen LogP contribution in [0.1, 0.15) is 15.9 Å². The van der Waals surface area contributed by atoms with Gasteiger partial charge in [-0.2, -0.15) is 0 Å². The van der Waals surface area contributed by atoms with Gasteiger partial charge in [0.25, 0.3) is 5.91 Å². The molecule has 1 aliphatic heterocycles. The smallest absolute Gasteiger partial charge is 0.254 e. The van der Waals surface area contributed by atoms with Crippen LogP contribution >= 0.6 is 15.9 Å². The molecule has 0 unspecified atom stereocenters. The quantitative estimate of drug-likeness (QED) is 0.608. The molecule has 1 amide bonds. The molecule has 4 heteroatoms. The number of hydrogen-bond acceptors (Lipinski definition) is 2. The zero-order valence-electron chi connectivity index (χ0n) is 8.50. The number of carbonyl (C=O) groups excluding carboxylic acids is 1. The second kappa shape index (κ2) is 4.23. The number of methoxy groups -OCH3 is 1. The van der Waals surface area contributed by atoms with Crippen LogP contribution in [0.4, 0.5) is 0 Å². The molecule has 0 aliphatic carbocycles. The van der Waals surface area contributed by atoms with Gasteiger partial charge in [0.1, 0.15) is 5.75 Å². The first kappa shape index (κ1) is 10.5. The maximum atomic E-state index is 12.0. The van der Waals surface area contributed by atoms with Gasteiger partial charge in [0.2, 0.25) is 0 Å². The van der Waals surface area contributed by atoms with Crippen LogP contribution in [-0.2, 0) is 6.42 Å². The molecule has 2 rings (SSSR count). The van der Waals surface area contributed by atoms with Crippen LogP contribution in [0.15, 0.2) is 18.2 Å². The first-order chi connectivity index (χ1) is 7.26. The highest BCUT2D eigenvalue weighted by Gasteiger charge is 2.23. The molecule has 0 bridgehead atoms. The first-order valence-corrected chi connectivity index (χ1v) is 5.90. The van der Waals surface area contributed by atoms with Gasteiger partial charge in [-0.3, -0.25) is 4.79 Å². The van der Waals surface area contributed by atoms with Gasteiger partial charge in [0.05, 0.1) is 12.6 Å². The van der Waals surface area contributed by atoms with Crippen molar-refractivity contribution in [1.82, 2.24) is 4.90 Å². The van der Waals surface area contributed by atoms with Gasteiger partial charge in [-0.25, -0.2) is 0 Å². The number of nitrogens with zero attached hydrogens (tertiary/aromatic N) is 1. The van der Waals surface area contributed by atoms with Crippen molar-refractivity contribution >= 4 is 21.8 Å². The largest absolute Gasteiger partial charge is 0.497 e. The fraction of sp³-hybridized carbons (Fsp3) is 0.364. The van der Waals surface area contributed by atoms with Crippen LogP contribution in [0.5, 0.6) is 5.75 Å². The van der Waals surface area contributed by atoms with E-state index in [9.17, 15) is 4.79 Å². The number of fused-ring (bicyclic) bond motifs is 1. The minimum absolute atomic E-state index is 0.0759. The van der Waals surface area contributed by atoms with Crippen LogP contribution < -0.4 is 4.74 Å². The second-order valence-corrected chi connectivity index (χ2v) is 3.96. The third kappa shape index (κ3) is 1.86. The summed E-state index contributed by atoms with van der Waals surface area (Å²) in [4.78, 5) is 13.7. The Morgan fingerprint density at radius 3 is 3.00 bits per heavy atom. The van der Waals surface area contributed by atoms with E-state index in [0.29, 0.717) is 5.45 Å². The molecule has 0 saturated carbocycles. The fourth-order valence-corrected chi connectivity index (χ4v) is 2.22. The lowest BCUT2D eigenvalue weighted by Crippen LogP contribution is -2.36. The van der Waals surface area contributed by atoms with Crippen molar-refractivity contribution in [3.63, 3.8) is 0 Å². The summed E-state index contributed by atoms with van der Waals surface area (Å²) in [7, 11) is 1.61. The van der Waals surface area contributed by atoms with E-state index >= 15 is 0 Å². The molecule has 0 spiro atoms. The van der Waals surface area contributed by atoms with E-state index in [1.807, 2.05) is 18.2 Å². The number of amides is 1. The Morgan fingerprint density at radius 1 is 1.53 bits per heavy atom. The maximum absolute atomic E-state index is 12.0. The highest BCUT2D eigenvalue weighted by molar-refractivity contribution is 9.09. The lowest BCUT2D eigenvalue weighted by Gasteiger charge is -2.26. The maximum Gasteiger partial charge on any atom is 0.254 e. The van der Waals surface area contributed by atoms with Crippen LogP contribution in [0, 0.1) is 0 Å². The summed E-state index contributed by atoms with van der Waals surface area (Å²) in [6.45, 7) is 0.781. The summed E-state index contributed by atoms with van der Waals surface area (Å²) in [6.07, 6.45) is 0.913. The average Bonchev–Trinajstić information content (AvgIpc) is 2.29. The van der Waals surface area contributed by atoms with Gasteiger partial charge in [0.15, 0.2) is 0 Å². The van der Waals surface area contributed by atoms with Gasteiger partial charge < -0.3 is 9.64 Å². The monoisotopic (exact) mass is 269 g/mol. The number of ether oxygens (including phenoxy) is 1. The highest BCUT2D eigenvalue weighted by Crippen LogP contribution is 2.23. The molecule has 0 aromatic heterocycles. The van der Waals surface area contributed by atoms with E-state index < -0.39 is 0 Å². The molecule has 1 heterocycles. The number of alkyl halides is 1. The third-order valence-corrected chi connectivity index (χ3v) is 3.24. The predicted molar refractivity (Wildman–Crippen MR) is 61.5 cm³/mol. The average molecular weight is 270 g/mol. The van der Waals surface area contributed by atoms with Crippen LogP contribution in [0.2, 0.25) is 0 Å². The zero-order chi connectivity index (χ0) is 10.8. The Kier molecular flexibility index (Phi) is 2.95. The topological polar surface area (TPSA) is 29.5 Å². The van der Waals surface area contributed by atoms with Crippen LogP contribution in [-0.4, -0.2) is 29.9 Å². The number of carbonyl (C=O) groups is 1. The molecule has 80 valence electrons. The summed E-state index contributed by atoms with van der Waals surface area (Å²) >= 11 is 3.31. The molecule has 1 aromatic rings. The summed E-state index contributed by atoms with van der Waals surface area (Å²) in [5, 5.41) is 0. The highest BCUT2D eigenvalue weighted by atomic mass is 79.9. The molecule has 15 heavy (non-hydrogen) atoms. The van der Waals surface area contributed by atoms with Gasteiger partial charge in [-0.15, -0.1) is 0 Å². The Balaban J connectivity index is 2.40. The van der Waals surface area contributed by atoms with Crippen molar-refractivity contribution in [3.8, 4) is 5.75 Å².